The lowest BCUT2D eigenvalue weighted by atomic mass is 10.1. The third kappa shape index (κ3) is 4.54. The fourth-order valence-electron chi connectivity index (χ4n) is 1.99. The highest BCUT2D eigenvalue weighted by Crippen LogP contribution is 2.29. The Balaban J connectivity index is 3.50. The monoisotopic (exact) mass is 339 g/mol. The predicted molar refractivity (Wildman–Crippen MR) is 101 cm³/mol. The van der Waals surface area contributed by atoms with Gasteiger partial charge in [-0.25, -0.2) is 9.79 Å². The van der Waals surface area contributed by atoms with Crippen molar-refractivity contribution in [2.24, 2.45) is 4.99 Å². The Bertz CT molecular complexity index is 821. The third-order valence-corrected chi connectivity index (χ3v) is 3.22. The van der Waals surface area contributed by atoms with Crippen molar-refractivity contribution in [3.8, 4) is 5.88 Å². The summed E-state index contributed by atoms with van der Waals surface area (Å²) in [5, 5.41) is 23.8. The van der Waals surface area contributed by atoms with Crippen molar-refractivity contribution in [2.45, 2.75) is 13.8 Å². The fourth-order valence-corrected chi connectivity index (χ4v) is 1.99. The second kappa shape index (κ2) is 9.02. The van der Waals surface area contributed by atoms with Crippen molar-refractivity contribution >= 4 is 17.4 Å². The minimum Gasteiger partial charge on any atom is -0.493 e. The summed E-state index contributed by atoms with van der Waals surface area (Å²) in [5.74, 6) is -1.13. The van der Waals surface area contributed by atoms with Crippen molar-refractivity contribution in [1.82, 2.24) is 9.78 Å². The van der Waals surface area contributed by atoms with Crippen molar-refractivity contribution in [3.05, 3.63) is 79.2 Å². The van der Waals surface area contributed by atoms with E-state index in [4.69, 9.17) is 5.11 Å². The molecule has 0 saturated heterocycles. The van der Waals surface area contributed by atoms with Crippen molar-refractivity contribution in [3.63, 3.8) is 0 Å². The first-order chi connectivity index (χ1) is 11.9. The van der Waals surface area contributed by atoms with Gasteiger partial charge in [-0.05, 0) is 25.5 Å². The van der Waals surface area contributed by atoms with Gasteiger partial charge in [-0.1, -0.05) is 50.1 Å². The van der Waals surface area contributed by atoms with Crippen molar-refractivity contribution in [2.75, 3.05) is 0 Å². The molecule has 0 aliphatic rings. The van der Waals surface area contributed by atoms with E-state index in [1.807, 2.05) is 19.1 Å². The second-order valence-electron chi connectivity index (χ2n) is 4.83. The normalized spacial score (nSPS) is 13.1. The molecule has 1 rings (SSSR count). The van der Waals surface area contributed by atoms with Crippen LogP contribution >= 0.6 is 0 Å². The average Bonchev–Trinajstić information content (AvgIpc) is 2.87. The Morgan fingerprint density at radius 1 is 1.24 bits per heavy atom. The third-order valence-electron chi connectivity index (χ3n) is 3.22. The van der Waals surface area contributed by atoms with Gasteiger partial charge >= 0.3 is 5.97 Å². The Hall–Kier alpha value is -3.41. The van der Waals surface area contributed by atoms with Crippen LogP contribution in [0.4, 0.5) is 0 Å². The molecule has 130 valence electrons. The number of rotatable bonds is 7. The zero-order valence-electron chi connectivity index (χ0n) is 14.3. The lowest BCUT2D eigenvalue weighted by Crippen LogP contribution is -2.10. The number of aryl methyl sites for hydroxylation is 1. The van der Waals surface area contributed by atoms with E-state index in [0.29, 0.717) is 16.8 Å². The molecular weight excluding hydrogens is 318 g/mol. The zero-order valence-corrected chi connectivity index (χ0v) is 14.3. The van der Waals surface area contributed by atoms with Crippen molar-refractivity contribution < 1.29 is 15.0 Å². The molecule has 0 aliphatic heterocycles. The van der Waals surface area contributed by atoms with Gasteiger partial charge in [-0.3, -0.25) is 0 Å². The summed E-state index contributed by atoms with van der Waals surface area (Å²) >= 11 is 0. The Kier molecular flexibility index (Phi) is 7.09. The Morgan fingerprint density at radius 3 is 2.40 bits per heavy atom. The average molecular weight is 339 g/mol. The van der Waals surface area contributed by atoms with Gasteiger partial charge in [0.2, 0.25) is 5.88 Å². The molecule has 0 atom stereocenters. The summed E-state index contributed by atoms with van der Waals surface area (Å²) in [6, 6.07) is 0. The number of allylic oxidation sites excluding steroid dienone is 6. The topological polar surface area (TPSA) is 87.7 Å². The number of aromatic nitrogens is 2. The SMILES string of the molecule is C=C/C(=C\N=C(/C=C)n1nc(C)c(/C(C=C)=C/C=C\C)c1O)C(=O)O. The highest BCUT2D eigenvalue weighted by molar-refractivity contribution is 5.97. The Morgan fingerprint density at radius 2 is 1.92 bits per heavy atom. The van der Waals surface area contributed by atoms with Gasteiger partial charge in [0.25, 0.3) is 0 Å². The number of carboxylic acid groups (broad SMARTS) is 1. The minimum absolute atomic E-state index is 0.0947. The summed E-state index contributed by atoms with van der Waals surface area (Å²) in [5.41, 5.74) is 1.67. The molecule has 25 heavy (non-hydrogen) atoms. The molecule has 0 amide bonds. The first-order valence-electron chi connectivity index (χ1n) is 7.42. The van der Waals surface area contributed by atoms with E-state index in [-0.39, 0.29) is 17.3 Å². The van der Waals surface area contributed by atoms with E-state index in [1.54, 1.807) is 19.1 Å². The number of nitrogens with zero attached hydrogens (tertiary/aromatic N) is 3. The van der Waals surface area contributed by atoms with Crippen LogP contribution in [0.2, 0.25) is 0 Å². The van der Waals surface area contributed by atoms with Gasteiger partial charge in [0.15, 0.2) is 5.84 Å². The van der Waals surface area contributed by atoms with Gasteiger partial charge in [0.1, 0.15) is 0 Å². The maximum absolute atomic E-state index is 11.0. The van der Waals surface area contributed by atoms with Crippen LogP contribution in [-0.4, -0.2) is 31.8 Å². The quantitative estimate of drug-likeness (QED) is 0.344. The van der Waals surface area contributed by atoms with Crippen LogP contribution in [0.5, 0.6) is 5.88 Å². The number of aromatic hydroxyl groups is 1. The lowest BCUT2D eigenvalue weighted by molar-refractivity contribution is -0.132. The van der Waals surface area contributed by atoms with Crippen LogP contribution in [0.25, 0.3) is 5.57 Å². The van der Waals surface area contributed by atoms with E-state index in [1.165, 1.54) is 16.8 Å². The largest absolute Gasteiger partial charge is 0.493 e. The molecule has 1 heterocycles. The maximum atomic E-state index is 11.0. The molecule has 0 unspecified atom stereocenters. The molecule has 2 N–H and O–H groups in total. The van der Waals surface area contributed by atoms with Gasteiger partial charge in [-0.15, -0.1) is 0 Å². The number of carbonyl (C=O) groups is 1. The van der Waals surface area contributed by atoms with Crippen LogP contribution in [0.3, 0.4) is 0 Å². The van der Waals surface area contributed by atoms with Crippen molar-refractivity contribution in [1.29, 1.82) is 0 Å². The summed E-state index contributed by atoms with van der Waals surface area (Å²) in [6.45, 7) is 14.4. The van der Waals surface area contributed by atoms with Crippen LogP contribution < -0.4 is 0 Å². The molecule has 1 aromatic rings. The lowest BCUT2D eigenvalue weighted by Gasteiger charge is -2.04. The van der Waals surface area contributed by atoms with E-state index in [9.17, 15) is 9.90 Å². The van der Waals surface area contributed by atoms with E-state index >= 15 is 0 Å². The number of aliphatic carboxylic acids is 1. The Labute approximate surface area is 146 Å². The number of hydrogen-bond donors (Lipinski definition) is 2. The highest BCUT2D eigenvalue weighted by atomic mass is 16.4. The summed E-state index contributed by atoms with van der Waals surface area (Å²) in [7, 11) is 0. The van der Waals surface area contributed by atoms with Gasteiger partial charge in [0, 0.05) is 6.20 Å². The van der Waals surface area contributed by atoms with E-state index < -0.39 is 5.97 Å². The molecule has 0 aromatic carbocycles. The number of carboxylic acids is 1. The fraction of sp³-hybridized carbons (Fsp3) is 0.105. The molecule has 1 aromatic heterocycles. The second-order valence-corrected chi connectivity index (χ2v) is 4.83. The first kappa shape index (κ1) is 19.6. The predicted octanol–water partition coefficient (Wildman–Crippen LogP) is 3.63. The molecular formula is C19H21N3O3. The summed E-state index contributed by atoms with van der Waals surface area (Å²) in [6.07, 6.45) is 10.7. The smallest absolute Gasteiger partial charge is 0.337 e. The molecule has 0 aliphatic carbocycles. The first-order valence-corrected chi connectivity index (χ1v) is 7.42. The van der Waals surface area contributed by atoms with Crippen LogP contribution in [0.15, 0.2) is 73.0 Å². The van der Waals surface area contributed by atoms with Crippen LogP contribution in [0, 0.1) is 6.92 Å². The minimum atomic E-state index is -1.16. The van der Waals surface area contributed by atoms with E-state index in [2.05, 4.69) is 29.8 Å². The van der Waals surface area contributed by atoms with E-state index in [0.717, 1.165) is 6.20 Å². The number of hydrogen-bond acceptors (Lipinski definition) is 4. The molecule has 0 saturated carbocycles. The van der Waals surface area contributed by atoms with Crippen LogP contribution in [0.1, 0.15) is 18.2 Å². The molecule has 0 bridgehead atoms. The maximum Gasteiger partial charge on any atom is 0.337 e. The summed E-state index contributed by atoms with van der Waals surface area (Å²) in [4.78, 5) is 15.0. The van der Waals surface area contributed by atoms with Gasteiger partial charge < -0.3 is 10.2 Å². The summed E-state index contributed by atoms with van der Waals surface area (Å²) < 4.78 is 1.18. The number of aliphatic imine (C=N–C) groups is 1. The van der Waals surface area contributed by atoms with Crippen LogP contribution in [-0.2, 0) is 4.79 Å². The highest BCUT2D eigenvalue weighted by Gasteiger charge is 2.18. The molecule has 0 spiro atoms. The molecule has 6 nitrogen and oxygen atoms in total. The van der Waals surface area contributed by atoms with Gasteiger partial charge in [0.05, 0.1) is 16.8 Å². The standard InChI is InChI=1S/C19H21N3O3/c1-6-10-11-14(7-2)17-13(5)21-22(18(17)23)16(9-4)20-12-15(8-3)19(24)25/h6-12,23H,2-4H2,1,5H3,(H,24,25)/b10-6-,14-11+,15-12+,20-16+. The molecule has 0 fully saturated rings. The molecule has 0 radical (unpaired) electrons. The zero-order chi connectivity index (χ0) is 19.0. The van der Waals surface area contributed by atoms with Gasteiger partial charge in [-0.2, -0.15) is 9.78 Å². The molecule has 6 heteroatoms.